The van der Waals surface area contributed by atoms with E-state index in [0.717, 1.165) is 17.0 Å². The molecule has 0 heterocycles. The quantitative estimate of drug-likeness (QED) is 0.733. The average molecular weight is 237 g/mol. The molecule has 90 valence electrons. The summed E-state index contributed by atoms with van der Waals surface area (Å²) < 4.78 is 5.22. The Hall–Kier alpha value is -2.35. The van der Waals surface area contributed by atoms with E-state index in [4.69, 9.17) is 4.74 Å². The second-order valence-electron chi connectivity index (χ2n) is 3.72. The summed E-state index contributed by atoms with van der Waals surface area (Å²) in [6.07, 6.45) is 5.70. The van der Waals surface area contributed by atoms with Crippen LogP contribution in [0.1, 0.15) is 5.56 Å². The van der Waals surface area contributed by atoms with Gasteiger partial charge in [-0.05, 0) is 23.8 Å². The molecule has 0 spiro atoms. The van der Waals surface area contributed by atoms with Gasteiger partial charge in [-0.15, -0.1) is 0 Å². The maximum absolute atomic E-state index is 5.22. The molecule has 0 fully saturated rings. The van der Waals surface area contributed by atoms with Crippen molar-refractivity contribution in [3.05, 3.63) is 66.2 Å². The zero-order valence-electron chi connectivity index (χ0n) is 10.3. The van der Waals surface area contributed by atoms with Crippen LogP contribution in [0.3, 0.4) is 0 Å². The van der Waals surface area contributed by atoms with Crippen LogP contribution in [0.25, 0.3) is 6.08 Å². The van der Waals surface area contributed by atoms with Crippen LogP contribution in [0.15, 0.2) is 65.7 Å². The van der Waals surface area contributed by atoms with Crippen molar-refractivity contribution in [3.63, 3.8) is 0 Å². The Morgan fingerprint density at radius 2 is 1.67 bits per heavy atom. The number of methoxy groups -OCH3 is 1. The van der Waals surface area contributed by atoms with Crippen molar-refractivity contribution in [2.75, 3.05) is 7.11 Å². The molecular formula is C16H15NO. The Balaban J connectivity index is 2.06. The zero-order valence-corrected chi connectivity index (χ0v) is 10.3. The van der Waals surface area contributed by atoms with Crippen LogP contribution in [-0.4, -0.2) is 13.3 Å². The van der Waals surface area contributed by atoms with E-state index in [2.05, 4.69) is 4.99 Å². The monoisotopic (exact) mass is 237 g/mol. The fourth-order valence-electron chi connectivity index (χ4n) is 1.58. The molecule has 2 aromatic rings. The van der Waals surface area contributed by atoms with Gasteiger partial charge in [0.05, 0.1) is 7.11 Å². The van der Waals surface area contributed by atoms with Gasteiger partial charge in [0.25, 0.3) is 0 Å². The predicted molar refractivity (Wildman–Crippen MR) is 76.6 cm³/mol. The summed E-state index contributed by atoms with van der Waals surface area (Å²) in [5.41, 5.74) is 1.99. The second kappa shape index (κ2) is 6.40. The highest BCUT2D eigenvalue weighted by Gasteiger charge is 1.96. The predicted octanol–water partition coefficient (Wildman–Crippen LogP) is 4.11. The summed E-state index contributed by atoms with van der Waals surface area (Å²) in [7, 11) is 1.65. The molecule has 2 nitrogen and oxygen atoms in total. The lowest BCUT2D eigenvalue weighted by molar-refractivity contribution is 0.416. The minimum atomic E-state index is 0.780. The largest absolute Gasteiger partial charge is 0.494 e. The molecule has 18 heavy (non-hydrogen) atoms. The van der Waals surface area contributed by atoms with Crippen molar-refractivity contribution in [2.45, 2.75) is 0 Å². The molecule has 0 saturated carbocycles. The summed E-state index contributed by atoms with van der Waals surface area (Å²) in [6, 6.07) is 17.8. The first kappa shape index (κ1) is 12.1. The first-order valence-corrected chi connectivity index (χ1v) is 5.79. The number of allylic oxidation sites excluding steroid dienone is 1. The zero-order chi connectivity index (χ0) is 12.6. The molecule has 0 bridgehead atoms. The molecule has 0 aliphatic heterocycles. The number of aliphatic imine (C=N–C) groups is 1. The Bertz CT molecular complexity index is 544. The van der Waals surface area contributed by atoms with E-state index in [1.165, 1.54) is 0 Å². The van der Waals surface area contributed by atoms with Crippen LogP contribution in [-0.2, 0) is 0 Å². The Morgan fingerprint density at radius 3 is 2.44 bits per heavy atom. The van der Waals surface area contributed by atoms with Gasteiger partial charge in [-0.1, -0.05) is 48.5 Å². The van der Waals surface area contributed by atoms with Crippen molar-refractivity contribution in [3.8, 4) is 5.75 Å². The molecule has 2 rings (SSSR count). The first-order valence-electron chi connectivity index (χ1n) is 5.79. The molecule has 2 heteroatoms. The topological polar surface area (TPSA) is 21.6 Å². The van der Waals surface area contributed by atoms with Gasteiger partial charge in [0.15, 0.2) is 0 Å². The smallest absolute Gasteiger partial charge is 0.144 e. The Kier molecular flexibility index (Phi) is 4.31. The van der Waals surface area contributed by atoms with Gasteiger partial charge < -0.3 is 4.74 Å². The van der Waals surface area contributed by atoms with Crippen LogP contribution in [0.2, 0.25) is 0 Å². The van der Waals surface area contributed by atoms with Gasteiger partial charge >= 0.3 is 0 Å². The maximum Gasteiger partial charge on any atom is 0.144 e. The lowest BCUT2D eigenvalue weighted by Crippen LogP contribution is -1.82. The standard InChI is InChI=1S/C16H15NO/c1-18-16-12-6-5-11-15(16)17-13-7-10-14-8-3-2-4-9-14/h2-13H,1H3/b10-7-,17-13?. The van der Waals surface area contributed by atoms with Gasteiger partial charge in [-0.2, -0.15) is 0 Å². The third-order valence-electron chi connectivity index (χ3n) is 2.47. The number of hydrogen-bond acceptors (Lipinski definition) is 2. The Morgan fingerprint density at radius 1 is 0.944 bits per heavy atom. The molecule has 0 aliphatic carbocycles. The Labute approximate surface area is 107 Å². The van der Waals surface area contributed by atoms with Gasteiger partial charge in [-0.25, -0.2) is 0 Å². The number of nitrogens with zero attached hydrogens (tertiary/aromatic N) is 1. The number of ether oxygens (including phenoxy) is 1. The number of benzene rings is 2. The van der Waals surface area contributed by atoms with E-state index in [1.807, 2.05) is 66.7 Å². The van der Waals surface area contributed by atoms with E-state index in [0.29, 0.717) is 0 Å². The van der Waals surface area contributed by atoms with Crippen LogP contribution in [0.5, 0.6) is 5.75 Å². The van der Waals surface area contributed by atoms with Gasteiger partial charge in [-0.3, -0.25) is 4.99 Å². The maximum atomic E-state index is 5.22. The van der Waals surface area contributed by atoms with Gasteiger partial charge in [0.2, 0.25) is 0 Å². The summed E-state index contributed by atoms with van der Waals surface area (Å²) in [5, 5.41) is 0. The van der Waals surface area contributed by atoms with Crippen molar-refractivity contribution >= 4 is 18.0 Å². The molecule has 0 radical (unpaired) electrons. The molecule has 0 aliphatic rings. The van der Waals surface area contributed by atoms with Gasteiger partial charge in [0.1, 0.15) is 11.4 Å². The van der Waals surface area contributed by atoms with Crippen LogP contribution >= 0.6 is 0 Å². The van der Waals surface area contributed by atoms with E-state index in [9.17, 15) is 0 Å². The highest BCUT2D eigenvalue weighted by atomic mass is 16.5. The summed E-state index contributed by atoms with van der Waals surface area (Å²) in [4.78, 5) is 4.36. The van der Waals surface area contributed by atoms with Crippen LogP contribution in [0.4, 0.5) is 5.69 Å². The van der Waals surface area contributed by atoms with Crippen molar-refractivity contribution in [1.29, 1.82) is 0 Å². The van der Waals surface area contributed by atoms with Crippen molar-refractivity contribution in [1.82, 2.24) is 0 Å². The van der Waals surface area contributed by atoms with Crippen LogP contribution < -0.4 is 4.74 Å². The number of hydrogen-bond donors (Lipinski definition) is 0. The third-order valence-corrected chi connectivity index (χ3v) is 2.47. The average Bonchev–Trinajstić information content (AvgIpc) is 2.45. The first-order chi connectivity index (χ1) is 8.90. The fourth-order valence-corrected chi connectivity index (χ4v) is 1.58. The minimum Gasteiger partial charge on any atom is -0.494 e. The van der Waals surface area contributed by atoms with Gasteiger partial charge in [0, 0.05) is 6.21 Å². The van der Waals surface area contributed by atoms with Crippen LogP contribution in [0, 0.1) is 0 Å². The fraction of sp³-hybridized carbons (Fsp3) is 0.0625. The van der Waals surface area contributed by atoms with E-state index in [1.54, 1.807) is 13.3 Å². The van der Waals surface area contributed by atoms with Crippen molar-refractivity contribution in [2.24, 2.45) is 4.99 Å². The molecule has 0 amide bonds. The number of para-hydroxylation sites is 2. The lowest BCUT2D eigenvalue weighted by atomic mass is 10.2. The lowest BCUT2D eigenvalue weighted by Gasteiger charge is -2.01. The minimum absolute atomic E-state index is 0.780. The molecule has 2 aromatic carbocycles. The van der Waals surface area contributed by atoms with E-state index < -0.39 is 0 Å². The molecular weight excluding hydrogens is 222 g/mol. The third kappa shape index (κ3) is 3.32. The highest BCUT2D eigenvalue weighted by Crippen LogP contribution is 2.25. The molecule has 0 saturated heterocycles. The second-order valence-corrected chi connectivity index (χ2v) is 3.72. The highest BCUT2D eigenvalue weighted by molar-refractivity contribution is 5.81. The van der Waals surface area contributed by atoms with E-state index >= 15 is 0 Å². The summed E-state index contributed by atoms with van der Waals surface area (Å²) in [5.74, 6) is 0.780. The normalized spacial score (nSPS) is 11.2. The molecule has 0 unspecified atom stereocenters. The number of rotatable bonds is 4. The SMILES string of the molecule is COc1ccccc1N=C/C=C\c1ccccc1. The van der Waals surface area contributed by atoms with Crippen molar-refractivity contribution < 1.29 is 4.74 Å². The summed E-state index contributed by atoms with van der Waals surface area (Å²) >= 11 is 0. The molecule has 0 N–H and O–H groups in total. The van der Waals surface area contributed by atoms with E-state index in [-0.39, 0.29) is 0 Å². The summed E-state index contributed by atoms with van der Waals surface area (Å²) in [6.45, 7) is 0. The molecule has 0 atom stereocenters. The molecule has 0 aromatic heterocycles.